The van der Waals surface area contributed by atoms with Crippen molar-refractivity contribution in [3.05, 3.63) is 21.9 Å². The van der Waals surface area contributed by atoms with Crippen molar-refractivity contribution in [1.29, 1.82) is 0 Å². The number of amides is 2. The molecule has 0 unspecified atom stereocenters. The van der Waals surface area contributed by atoms with Gasteiger partial charge in [0.2, 0.25) is 5.91 Å². The highest BCUT2D eigenvalue weighted by molar-refractivity contribution is 6.34. The fraction of sp³-hybridized carbons (Fsp3) is 0.222. The topological polar surface area (TPSA) is 126 Å². The Hall–Kier alpha value is -1.93. The van der Waals surface area contributed by atoms with E-state index in [2.05, 4.69) is 10.2 Å². The summed E-state index contributed by atoms with van der Waals surface area (Å²) in [6, 6.07) is 1.12. The second-order valence-electron chi connectivity index (χ2n) is 3.39. The van der Waals surface area contributed by atoms with Gasteiger partial charge in [-0.15, -0.1) is 10.2 Å². The molecule has 0 aliphatic rings. The van der Waals surface area contributed by atoms with Crippen LogP contribution in [0.25, 0.3) is 0 Å². The zero-order chi connectivity index (χ0) is 14.6. The second kappa shape index (κ2) is 6.30. The van der Waals surface area contributed by atoms with Crippen molar-refractivity contribution >= 4 is 41.0 Å². The van der Waals surface area contributed by atoms with E-state index in [0.29, 0.717) is 4.90 Å². The van der Waals surface area contributed by atoms with Gasteiger partial charge in [0.1, 0.15) is 13.1 Å². The Balaban J connectivity index is 3.07. The van der Waals surface area contributed by atoms with Crippen molar-refractivity contribution in [1.82, 2.24) is 15.1 Å². The molecule has 0 bridgehead atoms. The van der Waals surface area contributed by atoms with E-state index in [1.807, 2.05) is 0 Å². The summed E-state index contributed by atoms with van der Waals surface area (Å²) < 4.78 is 0. The van der Waals surface area contributed by atoms with Gasteiger partial charge in [0, 0.05) is 0 Å². The maximum atomic E-state index is 12.0. The SMILES string of the molecule is NC(=O)CN(CC(=O)O)C(=O)c1cc(Cl)nnc1Cl. The third kappa shape index (κ3) is 4.34. The number of nitrogens with zero attached hydrogens (tertiary/aromatic N) is 3. The van der Waals surface area contributed by atoms with Gasteiger partial charge in [-0.2, -0.15) is 0 Å². The fourth-order valence-corrected chi connectivity index (χ4v) is 1.54. The minimum Gasteiger partial charge on any atom is -0.480 e. The molecule has 19 heavy (non-hydrogen) atoms. The van der Waals surface area contributed by atoms with Crippen LogP contribution in [0.15, 0.2) is 6.07 Å². The zero-order valence-corrected chi connectivity index (χ0v) is 10.9. The van der Waals surface area contributed by atoms with E-state index in [1.165, 1.54) is 0 Å². The van der Waals surface area contributed by atoms with Gasteiger partial charge in [-0.1, -0.05) is 23.2 Å². The summed E-state index contributed by atoms with van der Waals surface area (Å²) in [5.74, 6) is -3.00. The van der Waals surface area contributed by atoms with E-state index in [-0.39, 0.29) is 15.9 Å². The van der Waals surface area contributed by atoms with Crippen LogP contribution in [-0.4, -0.2) is 51.1 Å². The lowest BCUT2D eigenvalue weighted by Crippen LogP contribution is -2.41. The van der Waals surface area contributed by atoms with Crippen LogP contribution >= 0.6 is 23.2 Å². The van der Waals surface area contributed by atoms with E-state index < -0.39 is 30.9 Å². The Morgan fingerprint density at radius 3 is 2.42 bits per heavy atom. The van der Waals surface area contributed by atoms with Crippen LogP contribution in [0.1, 0.15) is 10.4 Å². The van der Waals surface area contributed by atoms with Crippen LogP contribution in [-0.2, 0) is 9.59 Å². The van der Waals surface area contributed by atoms with E-state index in [1.54, 1.807) is 0 Å². The van der Waals surface area contributed by atoms with Crippen LogP contribution in [0.4, 0.5) is 0 Å². The fourth-order valence-electron chi connectivity index (χ4n) is 1.22. The number of carbonyl (C=O) groups excluding carboxylic acids is 2. The number of hydrogen-bond acceptors (Lipinski definition) is 5. The summed E-state index contributed by atoms with van der Waals surface area (Å²) in [6.45, 7) is -1.28. The molecule has 102 valence electrons. The lowest BCUT2D eigenvalue weighted by atomic mass is 10.2. The molecule has 2 amide bonds. The summed E-state index contributed by atoms with van der Waals surface area (Å²) >= 11 is 11.2. The normalized spacial score (nSPS) is 10.0. The maximum Gasteiger partial charge on any atom is 0.323 e. The number of rotatable bonds is 5. The highest BCUT2D eigenvalue weighted by Crippen LogP contribution is 2.17. The number of primary amides is 1. The molecule has 8 nitrogen and oxygen atoms in total. The third-order valence-corrected chi connectivity index (χ3v) is 2.37. The lowest BCUT2D eigenvalue weighted by Gasteiger charge is -2.19. The summed E-state index contributed by atoms with van der Waals surface area (Å²) in [6.07, 6.45) is 0. The number of hydrogen-bond donors (Lipinski definition) is 2. The predicted octanol–water partition coefficient (Wildman–Crippen LogP) is -0.204. The van der Waals surface area contributed by atoms with Crippen LogP contribution in [0.2, 0.25) is 10.3 Å². The molecule has 10 heteroatoms. The molecule has 0 aliphatic heterocycles. The van der Waals surface area contributed by atoms with Crippen molar-refractivity contribution in [3.63, 3.8) is 0 Å². The molecule has 0 aliphatic carbocycles. The van der Waals surface area contributed by atoms with Crippen LogP contribution in [0.5, 0.6) is 0 Å². The molecular weight excluding hydrogens is 299 g/mol. The molecule has 0 spiro atoms. The number of carbonyl (C=O) groups is 3. The second-order valence-corrected chi connectivity index (χ2v) is 4.14. The first-order valence-corrected chi connectivity index (χ1v) is 5.55. The smallest absolute Gasteiger partial charge is 0.323 e. The highest BCUT2D eigenvalue weighted by atomic mass is 35.5. The zero-order valence-electron chi connectivity index (χ0n) is 9.34. The van der Waals surface area contributed by atoms with E-state index in [9.17, 15) is 14.4 Å². The lowest BCUT2D eigenvalue weighted by molar-refractivity contribution is -0.138. The maximum absolute atomic E-state index is 12.0. The molecule has 1 aromatic rings. The summed E-state index contributed by atoms with van der Waals surface area (Å²) in [5.41, 5.74) is 4.78. The van der Waals surface area contributed by atoms with Gasteiger partial charge in [0.15, 0.2) is 10.3 Å². The van der Waals surface area contributed by atoms with Gasteiger partial charge in [-0.3, -0.25) is 14.4 Å². The van der Waals surface area contributed by atoms with Crippen molar-refractivity contribution in [3.8, 4) is 0 Å². The van der Waals surface area contributed by atoms with Crippen LogP contribution in [0, 0.1) is 0 Å². The van der Waals surface area contributed by atoms with Gasteiger partial charge in [0.05, 0.1) is 5.56 Å². The first-order chi connectivity index (χ1) is 8.81. The van der Waals surface area contributed by atoms with Crippen molar-refractivity contribution in [2.75, 3.05) is 13.1 Å². The Kier molecular flexibility index (Phi) is 5.02. The van der Waals surface area contributed by atoms with Crippen LogP contribution < -0.4 is 5.73 Å². The van der Waals surface area contributed by atoms with Gasteiger partial charge in [-0.05, 0) is 6.07 Å². The molecule has 0 fully saturated rings. The molecule has 1 heterocycles. The molecular formula is C9H8Cl2N4O4. The van der Waals surface area contributed by atoms with E-state index >= 15 is 0 Å². The van der Waals surface area contributed by atoms with E-state index in [0.717, 1.165) is 6.07 Å². The average Bonchev–Trinajstić information content (AvgIpc) is 2.29. The Morgan fingerprint density at radius 1 is 1.26 bits per heavy atom. The molecule has 0 aromatic carbocycles. The first kappa shape index (κ1) is 15.1. The summed E-state index contributed by atoms with van der Waals surface area (Å²) in [7, 11) is 0. The minimum absolute atomic E-state index is 0.0953. The standard InChI is InChI=1S/C9H8Cl2N4O4/c10-5-1-4(8(11)14-13-5)9(19)15(2-6(12)16)3-7(17)18/h1H,2-3H2,(H2,12,16)(H,17,18). The van der Waals surface area contributed by atoms with Gasteiger partial charge >= 0.3 is 5.97 Å². The van der Waals surface area contributed by atoms with E-state index in [4.69, 9.17) is 34.0 Å². The van der Waals surface area contributed by atoms with Gasteiger partial charge in [0.25, 0.3) is 5.91 Å². The summed E-state index contributed by atoms with van der Waals surface area (Å²) in [4.78, 5) is 34.2. The van der Waals surface area contributed by atoms with Crippen molar-refractivity contribution in [2.45, 2.75) is 0 Å². The number of aliphatic carboxylic acids is 1. The molecule has 0 radical (unpaired) electrons. The Bertz CT molecular complexity index is 521. The molecule has 1 aromatic heterocycles. The average molecular weight is 307 g/mol. The number of carboxylic acids is 1. The Labute approximate surface area is 117 Å². The Morgan fingerprint density at radius 2 is 1.89 bits per heavy atom. The monoisotopic (exact) mass is 306 g/mol. The minimum atomic E-state index is -1.31. The third-order valence-electron chi connectivity index (χ3n) is 1.91. The quantitative estimate of drug-likeness (QED) is 0.775. The number of aromatic nitrogens is 2. The molecule has 0 saturated heterocycles. The molecule has 3 N–H and O–H groups in total. The first-order valence-electron chi connectivity index (χ1n) is 4.79. The van der Waals surface area contributed by atoms with Crippen molar-refractivity contribution < 1.29 is 19.5 Å². The number of halogens is 2. The molecule has 1 rings (SSSR count). The largest absolute Gasteiger partial charge is 0.480 e. The van der Waals surface area contributed by atoms with Crippen molar-refractivity contribution in [2.24, 2.45) is 5.73 Å². The highest BCUT2D eigenvalue weighted by Gasteiger charge is 2.23. The van der Waals surface area contributed by atoms with Crippen LogP contribution in [0.3, 0.4) is 0 Å². The number of nitrogens with two attached hydrogens (primary N) is 1. The van der Waals surface area contributed by atoms with Gasteiger partial charge < -0.3 is 15.7 Å². The molecule has 0 atom stereocenters. The predicted molar refractivity (Wildman–Crippen MR) is 64.8 cm³/mol. The van der Waals surface area contributed by atoms with Gasteiger partial charge in [-0.25, -0.2) is 0 Å². The number of carboxylic acid groups (broad SMARTS) is 1. The molecule has 0 saturated carbocycles. The summed E-state index contributed by atoms with van der Waals surface area (Å²) in [5, 5.41) is 15.2.